The molecule has 0 unspecified atom stereocenters. The number of hydrogen-bond acceptors (Lipinski definition) is 6. The van der Waals surface area contributed by atoms with Gasteiger partial charge in [0.2, 0.25) is 0 Å². The van der Waals surface area contributed by atoms with Crippen molar-refractivity contribution in [2.24, 2.45) is 0 Å². The second-order valence-electron chi connectivity index (χ2n) is 9.40. The Morgan fingerprint density at radius 1 is 1.09 bits per heavy atom. The fourth-order valence-corrected chi connectivity index (χ4v) is 6.38. The standard InChI is InChI=1S/C26H29N3O5S/c1-27-14-12-19(13-15-27)25-18-28(35(32,33)23-9-5-6-20(16-23)29(30)31)26-11-10-22(17-24(25)26)34-21-7-3-2-4-8-21/h5-6,9-12,16-18,21H,2-4,7-8,13-15H2,1H3. The molecule has 0 atom stereocenters. The van der Waals surface area contributed by atoms with Crippen molar-refractivity contribution >= 4 is 32.2 Å². The van der Waals surface area contributed by atoms with E-state index in [2.05, 4.69) is 18.0 Å². The topological polar surface area (TPSA) is 94.7 Å². The number of rotatable bonds is 6. The molecule has 35 heavy (non-hydrogen) atoms. The maximum absolute atomic E-state index is 13.7. The van der Waals surface area contributed by atoms with Crippen molar-refractivity contribution in [3.63, 3.8) is 0 Å². The summed E-state index contributed by atoms with van der Waals surface area (Å²) in [4.78, 5) is 12.8. The van der Waals surface area contributed by atoms with E-state index in [4.69, 9.17) is 4.74 Å². The first-order valence-electron chi connectivity index (χ1n) is 12.0. The van der Waals surface area contributed by atoms with Crippen LogP contribution in [0.1, 0.15) is 44.1 Å². The summed E-state index contributed by atoms with van der Waals surface area (Å²) < 4.78 is 34.8. The molecule has 2 aromatic carbocycles. The van der Waals surface area contributed by atoms with Crippen LogP contribution in [0.25, 0.3) is 16.5 Å². The first-order valence-corrected chi connectivity index (χ1v) is 13.5. The normalized spacial score (nSPS) is 17.9. The SMILES string of the molecule is CN1CC=C(c2cn(S(=O)(=O)c3cccc([N+](=O)[O-])c3)c3ccc(OC4CCCCC4)cc23)CC1. The van der Waals surface area contributed by atoms with Crippen LogP contribution in [0.15, 0.2) is 59.6 Å². The minimum atomic E-state index is -4.06. The van der Waals surface area contributed by atoms with Crippen LogP contribution < -0.4 is 4.74 Å². The van der Waals surface area contributed by atoms with E-state index < -0.39 is 14.9 Å². The number of benzene rings is 2. The van der Waals surface area contributed by atoms with Crippen LogP contribution >= 0.6 is 0 Å². The summed E-state index contributed by atoms with van der Waals surface area (Å²) in [6, 6.07) is 10.7. The van der Waals surface area contributed by atoms with E-state index in [0.717, 1.165) is 73.5 Å². The Labute approximate surface area is 205 Å². The molecule has 2 aliphatic rings. The van der Waals surface area contributed by atoms with Crippen LogP contribution in [-0.2, 0) is 10.0 Å². The Balaban J connectivity index is 1.62. The van der Waals surface area contributed by atoms with E-state index in [1.54, 1.807) is 12.3 Å². The third-order valence-corrected chi connectivity index (χ3v) is 8.61. The van der Waals surface area contributed by atoms with Gasteiger partial charge in [-0.1, -0.05) is 18.6 Å². The molecule has 8 nitrogen and oxygen atoms in total. The number of non-ortho nitro benzene ring substituents is 1. The molecule has 9 heteroatoms. The molecule has 1 fully saturated rings. The first kappa shape index (κ1) is 23.6. The van der Waals surface area contributed by atoms with E-state index in [9.17, 15) is 18.5 Å². The number of aromatic nitrogens is 1. The van der Waals surface area contributed by atoms with Crippen LogP contribution in [0.2, 0.25) is 0 Å². The molecule has 1 aromatic heterocycles. The Hall–Kier alpha value is -3.17. The van der Waals surface area contributed by atoms with Gasteiger partial charge >= 0.3 is 0 Å². The molecule has 2 heterocycles. The predicted octanol–water partition coefficient (Wildman–Crippen LogP) is 5.22. The van der Waals surface area contributed by atoms with Gasteiger partial charge in [0.1, 0.15) is 5.75 Å². The van der Waals surface area contributed by atoms with E-state index >= 15 is 0 Å². The molecule has 0 spiro atoms. The van der Waals surface area contributed by atoms with Crippen LogP contribution in [0, 0.1) is 10.1 Å². The maximum atomic E-state index is 13.7. The van der Waals surface area contributed by atoms with E-state index in [1.807, 2.05) is 12.1 Å². The van der Waals surface area contributed by atoms with Crippen LogP contribution in [0.3, 0.4) is 0 Å². The fourth-order valence-electron chi connectivity index (χ4n) is 4.97. The zero-order valence-electron chi connectivity index (χ0n) is 19.7. The van der Waals surface area contributed by atoms with E-state index in [-0.39, 0.29) is 16.7 Å². The first-order chi connectivity index (χ1) is 16.8. The Kier molecular flexibility index (Phi) is 6.37. The second-order valence-corrected chi connectivity index (χ2v) is 11.2. The molecule has 0 bridgehead atoms. The average molecular weight is 496 g/mol. The lowest BCUT2D eigenvalue weighted by atomic mass is 9.97. The van der Waals surface area contributed by atoms with E-state index in [1.165, 1.54) is 28.6 Å². The van der Waals surface area contributed by atoms with Crippen molar-refractivity contribution in [1.82, 2.24) is 8.87 Å². The molecule has 0 N–H and O–H groups in total. The molecule has 0 radical (unpaired) electrons. The van der Waals surface area contributed by atoms with Crippen molar-refractivity contribution in [1.29, 1.82) is 0 Å². The fraction of sp³-hybridized carbons (Fsp3) is 0.385. The predicted molar refractivity (Wildman–Crippen MR) is 135 cm³/mol. The number of nitro benzene ring substituents is 1. The van der Waals surface area contributed by atoms with Gasteiger partial charge in [0.15, 0.2) is 0 Å². The Bertz CT molecular complexity index is 1400. The van der Waals surface area contributed by atoms with E-state index in [0.29, 0.717) is 5.52 Å². The van der Waals surface area contributed by atoms with Gasteiger partial charge < -0.3 is 9.64 Å². The second kappa shape index (κ2) is 9.47. The molecule has 0 amide bonds. The lowest BCUT2D eigenvalue weighted by molar-refractivity contribution is -0.385. The lowest BCUT2D eigenvalue weighted by Crippen LogP contribution is -2.23. The monoisotopic (exact) mass is 495 g/mol. The number of likely N-dealkylation sites (N-methyl/N-ethyl adjacent to an activating group) is 1. The van der Waals surface area contributed by atoms with Gasteiger partial charge in [-0.3, -0.25) is 10.1 Å². The summed E-state index contributed by atoms with van der Waals surface area (Å²) >= 11 is 0. The third-order valence-electron chi connectivity index (χ3n) is 6.94. The number of fused-ring (bicyclic) bond motifs is 1. The number of ether oxygens (including phenoxy) is 1. The van der Waals surface area contributed by atoms with Crippen molar-refractivity contribution in [2.45, 2.75) is 49.5 Å². The molecular weight excluding hydrogens is 466 g/mol. The minimum absolute atomic E-state index is 0.116. The van der Waals surface area contributed by atoms with Gasteiger partial charge in [-0.2, -0.15) is 0 Å². The molecule has 184 valence electrons. The molecule has 1 saturated carbocycles. The Morgan fingerprint density at radius 2 is 1.89 bits per heavy atom. The highest BCUT2D eigenvalue weighted by Gasteiger charge is 2.25. The van der Waals surface area contributed by atoms with Crippen LogP contribution in [0.5, 0.6) is 5.75 Å². The van der Waals surface area contributed by atoms with Gasteiger partial charge in [-0.25, -0.2) is 12.4 Å². The highest BCUT2D eigenvalue weighted by Crippen LogP contribution is 2.36. The van der Waals surface area contributed by atoms with Gasteiger partial charge in [0.25, 0.3) is 15.7 Å². The highest BCUT2D eigenvalue weighted by molar-refractivity contribution is 7.90. The zero-order chi connectivity index (χ0) is 24.6. The highest BCUT2D eigenvalue weighted by atomic mass is 32.2. The minimum Gasteiger partial charge on any atom is -0.490 e. The molecule has 1 aliphatic heterocycles. The Morgan fingerprint density at radius 3 is 2.60 bits per heavy atom. The molecule has 1 aliphatic carbocycles. The van der Waals surface area contributed by atoms with Crippen LogP contribution in [0.4, 0.5) is 5.69 Å². The smallest absolute Gasteiger partial charge is 0.270 e. The van der Waals surface area contributed by atoms with Crippen molar-refractivity contribution in [3.8, 4) is 5.75 Å². The van der Waals surface area contributed by atoms with Gasteiger partial charge in [-0.05, 0) is 69.0 Å². The lowest BCUT2D eigenvalue weighted by Gasteiger charge is -2.23. The zero-order valence-corrected chi connectivity index (χ0v) is 20.5. The summed E-state index contributed by atoms with van der Waals surface area (Å²) in [5, 5.41) is 12.1. The van der Waals surface area contributed by atoms with Crippen molar-refractivity contribution in [2.75, 3.05) is 20.1 Å². The van der Waals surface area contributed by atoms with Crippen molar-refractivity contribution < 1.29 is 18.1 Å². The summed E-state index contributed by atoms with van der Waals surface area (Å²) in [5.74, 6) is 0.740. The summed E-state index contributed by atoms with van der Waals surface area (Å²) in [5.41, 5.74) is 2.22. The number of nitro groups is 1. The quantitative estimate of drug-likeness (QED) is 0.344. The summed E-state index contributed by atoms with van der Waals surface area (Å²) in [6.07, 6.45) is 10.4. The van der Waals surface area contributed by atoms with Crippen molar-refractivity contribution in [3.05, 3.63) is 70.4 Å². The molecular formula is C26H29N3O5S. The summed E-state index contributed by atoms with van der Waals surface area (Å²) in [7, 11) is -2.00. The number of nitrogens with zero attached hydrogens (tertiary/aromatic N) is 3. The molecule has 3 aromatic rings. The third kappa shape index (κ3) is 4.70. The van der Waals surface area contributed by atoms with Gasteiger partial charge in [0.05, 0.1) is 21.4 Å². The van der Waals surface area contributed by atoms with Gasteiger partial charge in [0, 0.05) is 42.4 Å². The molecule has 5 rings (SSSR count). The average Bonchev–Trinajstić information content (AvgIpc) is 3.25. The number of hydrogen-bond donors (Lipinski definition) is 0. The largest absolute Gasteiger partial charge is 0.490 e. The van der Waals surface area contributed by atoms with Crippen LogP contribution in [-0.4, -0.2) is 48.5 Å². The maximum Gasteiger partial charge on any atom is 0.270 e. The molecule has 0 saturated heterocycles. The summed E-state index contributed by atoms with van der Waals surface area (Å²) in [6.45, 7) is 1.67. The van der Waals surface area contributed by atoms with Gasteiger partial charge in [-0.15, -0.1) is 0 Å².